The van der Waals surface area contributed by atoms with E-state index in [2.05, 4.69) is 40.7 Å². The molecule has 1 fully saturated rings. The van der Waals surface area contributed by atoms with E-state index in [0.717, 1.165) is 7.11 Å². The molecule has 0 saturated carbocycles. The van der Waals surface area contributed by atoms with Gasteiger partial charge >= 0.3 is 15.6 Å². The van der Waals surface area contributed by atoms with Gasteiger partial charge in [-0.25, -0.2) is 28.1 Å². The molecule has 0 aliphatic carbocycles. The molecule has 15 nitrogen and oxygen atoms in total. The summed E-state index contributed by atoms with van der Waals surface area (Å²) in [5.41, 5.74) is 6.21. The third-order valence-electron chi connectivity index (χ3n) is 3.93. The summed E-state index contributed by atoms with van der Waals surface area (Å²) in [6, 6.07) is 0. The normalized spacial score (nSPS) is 29.0. The maximum Gasteiger partial charge on any atom is 0.494 e. The summed E-state index contributed by atoms with van der Waals surface area (Å²) in [6.45, 7) is -0.667. The number of phosphoric acid groups is 2. The average molecular weight is 473 g/mol. The fourth-order valence-electron chi connectivity index (χ4n) is 2.54. The number of rotatable bonds is 8. The van der Waals surface area contributed by atoms with Gasteiger partial charge in [-0.2, -0.15) is 4.31 Å². The quantitative estimate of drug-likeness (QED) is 0.191. The zero-order valence-electron chi connectivity index (χ0n) is 14.6. The first-order valence-electron chi connectivity index (χ1n) is 7.73. The number of nitrogens with two attached hydrogens (primary N) is 1. The Kier molecular flexibility index (Phi) is 6.62. The van der Waals surface area contributed by atoms with Crippen molar-refractivity contribution in [1.29, 1.82) is 0 Å². The summed E-state index contributed by atoms with van der Waals surface area (Å²) in [5, 5.41) is 20.6. The van der Waals surface area contributed by atoms with Crippen LogP contribution in [0, 0.1) is 0 Å². The molecule has 0 aromatic carbocycles. The number of hydrogen-bond acceptors (Lipinski definition) is 14. The van der Waals surface area contributed by atoms with Crippen molar-refractivity contribution in [3.05, 3.63) is 12.7 Å². The first-order valence-corrected chi connectivity index (χ1v) is 11.0. The summed E-state index contributed by atoms with van der Waals surface area (Å²) < 4.78 is 48.0. The molecule has 1 aliphatic rings. The molecule has 5 N–H and O–H groups in total. The van der Waals surface area contributed by atoms with Crippen LogP contribution in [0.3, 0.4) is 0 Å². The van der Waals surface area contributed by atoms with Crippen molar-refractivity contribution in [3.63, 3.8) is 0 Å². The molecule has 1 saturated heterocycles. The van der Waals surface area contributed by atoms with Gasteiger partial charge in [0.2, 0.25) is 0 Å². The monoisotopic (exact) mass is 473 g/mol. The predicted molar refractivity (Wildman–Crippen MR) is 97.2 cm³/mol. The fourth-order valence-corrected chi connectivity index (χ4v) is 4.91. The molecule has 0 radical (unpaired) electrons. The lowest BCUT2D eigenvalue weighted by Gasteiger charge is -2.20. The zero-order chi connectivity index (χ0) is 21.4. The summed E-state index contributed by atoms with van der Waals surface area (Å²) in [7, 11) is -8.57. The lowest BCUT2D eigenvalue weighted by molar-refractivity contribution is -0.0499. The standard InChI is InChI=1S/C11H17N5O10P2S/c1-22-27(19,20)25-28(21,26-29)23-2-5-7(17)8(18)11(24-5)16-4-15-6-9(12)13-3-14-10(6)16/h3-5,7-8,11,17-18,29H,2H2,1H3,(H,19,20)(H2,12,13,14)/t5-,7-,8-,11-,28?/m1/s1. The van der Waals surface area contributed by atoms with Crippen molar-refractivity contribution in [2.75, 3.05) is 19.5 Å². The van der Waals surface area contributed by atoms with E-state index in [0.29, 0.717) is 0 Å². The second-order valence-corrected chi connectivity index (χ2v) is 9.45. The van der Waals surface area contributed by atoms with Crippen LogP contribution in [0.15, 0.2) is 12.7 Å². The molecule has 2 unspecified atom stereocenters. The molecule has 162 valence electrons. The summed E-state index contributed by atoms with van der Waals surface area (Å²) in [4.78, 5) is 21.1. The number of aliphatic hydroxyl groups is 2. The maximum atomic E-state index is 12.2. The Labute approximate surface area is 168 Å². The average Bonchev–Trinajstić information content (AvgIpc) is 3.23. The van der Waals surface area contributed by atoms with Crippen LogP contribution in [0.5, 0.6) is 0 Å². The highest BCUT2D eigenvalue weighted by molar-refractivity contribution is 7.81. The minimum Gasteiger partial charge on any atom is -0.387 e. The number of ether oxygens (including phenoxy) is 1. The molecule has 2 aromatic heterocycles. The summed E-state index contributed by atoms with van der Waals surface area (Å²) in [5.74, 6) is 0.109. The van der Waals surface area contributed by atoms with Crippen LogP contribution >= 0.6 is 28.6 Å². The Morgan fingerprint density at radius 1 is 1.31 bits per heavy atom. The smallest absolute Gasteiger partial charge is 0.387 e. The largest absolute Gasteiger partial charge is 0.494 e. The number of imidazole rings is 1. The van der Waals surface area contributed by atoms with E-state index in [1.165, 1.54) is 17.2 Å². The Morgan fingerprint density at radius 2 is 2.03 bits per heavy atom. The van der Waals surface area contributed by atoms with Crippen molar-refractivity contribution in [2.45, 2.75) is 24.5 Å². The molecule has 3 rings (SSSR count). The van der Waals surface area contributed by atoms with Crippen molar-refractivity contribution in [1.82, 2.24) is 19.5 Å². The van der Waals surface area contributed by atoms with Gasteiger partial charge in [-0.1, -0.05) is 0 Å². The third kappa shape index (κ3) is 4.62. The third-order valence-corrected chi connectivity index (χ3v) is 7.28. The topological polar surface area (TPSA) is 211 Å². The van der Waals surface area contributed by atoms with Crippen LogP contribution in [0.25, 0.3) is 11.2 Å². The van der Waals surface area contributed by atoms with E-state index in [1.807, 2.05) is 0 Å². The van der Waals surface area contributed by atoms with E-state index in [1.54, 1.807) is 0 Å². The number of phosphoric ester groups is 1. The van der Waals surface area contributed by atoms with Crippen molar-refractivity contribution < 1.29 is 46.3 Å². The Balaban J connectivity index is 1.75. The van der Waals surface area contributed by atoms with Crippen molar-refractivity contribution in [3.8, 4) is 0 Å². The van der Waals surface area contributed by atoms with Gasteiger partial charge in [-0.3, -0.25) is 13.6 Å². The van der Waals surface area contributed by atoms with Crippen LogP contribution in [-0.2, 0) is 31.2 Å². The van der Waals surface area contributed by atoms with Crippen LogP contribution < -0.4 is 5.73 Å². The molecular weight excluding hydrogens is 456 g/mol. The van der Waals surface area contributed by atoms with Gasteiger partial charge in [0.1, 0.15) is 30.2 Å². The van der Waals surface area contributed by atoms with Gasteiger partial charge in [-0.05, 0) is 12.9 Å². The number of hydrogen-bond donors (Lipinski definition) is 5. The molecule has 0 amide bonds. The number of nitrogen functional groups attached to an aromatic ring is 1. The van der Waals surface area contributed by atoms with Crippen LogP contribution in [0.1, 0.15) is 6.23 Å². The minimum absolute atomic E-state index is 0.109. The van der Waals surface area contributed by atoms with Gasteiger partial charge in [0.05, 0.1) is 12.9 Å². The minimum atomic E-state index is -4.74. The predicted octanol–water partition coefficient (Wildman–Crippen LogP) is -0.223. The highest BCUT2D eigenvalue weighted by atomic mass is 32.1. The first-order chi connectivity index (χ1) is 13.6. The van der Waals surface area contributed by atoms with Crippen molar-refractivity contribution >= 4 is 45.5 Å². The van der Waals surface area contributed by atoms with Crippen LogP contribution in [0.2, 0.25) is 0 Å². The molecule has 6 atom stereocenters. The lowest BCUT2D eigenvalue weighted by atomic mass is 10.1. The number of anilines is 1. The Hall–Kier alpha value is -1.16. The maximum absolute atomic E-state index is 12.2. The molecule has 3 heterocycles. The van der Waals surface area contributed by atoms with Crippen LogP contribution in [0.4, 0.5) is 5.82 Å². The van der Waals surface area contributed by atoms with Gasteiger partial charge in [0.15, 0.2) is 17.7 Å². The number of thiol groups is 1. The van der Waals surface area contributed by atoms with E-state index < -0.39 is 46.8 Å². The number of aliphatic hydroxyl groups excluding tert-OH is 2. The van der Waals surface area contributed by atoms with E-state index in [-0.39, 0.29) is 17.0 Å². The fraction of sp³-hybridized carbons (Fsp3) is 0.545. The summed E-state index contributed by atoms with van der Waals surface area (Å²) >= 11 is 3.29. The Morgan fingerprint density at radius 3 is 2.69 bits per heavy atom. The number of nitrogens with zero attached hydrogens (tertiary/aromatic N) is 4. The first kappa shape index (κ1) is 22.5. The van der Waals surface area contributed by atoms with Gasteiger partial charge in [-0.15, -0.1) is 0 Å². The van der Waals surface area contributed by atoms with E-state index >= 15 is 0 Å². The zero-order valence-corrected chi connectivity index (χ0v) is 17.3. The van der Waals surface area contributed by atoms with Crippen LogP contribution in [-0.4, -0.2) is 66.7 Å². The van der Waals surface area contributed by atoms with Gasteiger partial charge in [0.25, 0.3) is 0 Å². The molecule has 29 heavy (non-hydrogen) atoms. The molecule has 1 aliphatic heterocycles. The van der Waals surface area contributed by atoms with Gasteiger partial charge in [0, 0.05) is 7.11 Å². The van der Waals surface area contributed by atoms with Crippen molar-refractivity contribution in [2.24, 2.45) is 0 Å². The second-order valence-electron chi connectivity index (χ2n) is 5.69. The molecule has 18 heteroatoms. The summed E-state index contributed by atoms with van der Waals surface area (Å²) in [6.07, 6.45) is -2.89. The number of fused-ring (bicyclic) bond motifs is 1. The second kappa shape index (κ2) is 8.53. The van der Waals surface area contributed by atoms with Gasteiger partial charge < -0.3 is 25.6 Å². The molecule has 0 bridgehead atoms. The van der Waals surface area contributed by atoms with E-state index in [9.17, 15) is 24.2 Å². The van der Waals surface area contributed by atoms with E-state index in [4.69, 9.17) is 15.0 Å². The highest BCUT2D eigenvalue weighted by Gasteiger charge is 2.46. The molecular formula is C11H17N5O10P2S. The SMILES string of the molecule is COP(=O)(O)OP(=O)(OS)OC[C@H]1O[C@@H](n2cnc3c(N)ncnc32)[C@H](O)[C@@H]1O. The molecule has 0 spiro atoms. The highest BCUT2D eigenvalue weighted by Crippen LogP contribution is 2.63. The lowest BCUT2D eigenvalue weighted by Crippen LogP contribution is -2.33. The molecule has 2 aromatic rings. The Bertz CT molecular complexity index is 977. The number of aromatic nitrogens is 4.